The molecule has 4 rings (SSSR count). The molecule has 0 bridgehead atoms. The second kappa shape index (κ2) is 6.61. The second-order valence-corrected chi connectivity index (χ2v) is 7.28. The average molecular weight is 435 g/mol. The van der Waals surface area contributed by atoms with Crippen LogP contribution in [0.3, 0.4) is 0 Å². The topological polar surface area (TPSA) is 103 Å². The molecule has 1 aliphatic heterocycles. The van der Waals surface area contributed by atoms with Crippen LogP contribution in [0, 0.1) is 10.1 Å². The highest BCUT2D eigenvalue weighted by atomic mass is 79.9. The zero-order chi connectivity index (χ0) is 18.3. The van der Waals surface area contributed by atoms with Crippen LogP contribution in [0.1, 0.15) is 21.8 Å². The quantitative estimate of drug-likeness (QED) is 0.488. The summed E-state index contributed by atoms with van der Waals surface area (Å²) in [4.78, 5) is 22.9. The summed E-state index contributed by atoms with van der Waals surface area (Å²) in [6, 6.07) is 9.24. The van der Waals surface area contributed by atoms with Gasteiger partial charge in [0.05, 0.1) is 16.3 Å². The van der Waals surface area contributed by atoms with Gasteiger partial charge in [0.1, 0.15) is 5.82 Å². The van der Waals surface area contributed by atoms with Crippen molar-refractivity contribution in [3.05, 3.63) is 68.2 Å². The molecule has 1 aromatic carbocycles. The number of carbonyl (C=O) groups is 1. The van der Waals surface area contributed by atoms with Crippen molar-refractivity contribution < 1.29 is 14.1 Å². The first-order valence-corrected chi connectivity index (χ1v) is 9.48. The van der Waals surface area contributed by atoms with Crippen molar-refractivity contribution in [2.45, 2.75) is 11.5 Å². The van der Waals surface area contributed by atoms with E-state index in [1.165, 1.54) is 12.1 Å². The Hall–Kier alpha value is -2.59. The number of nitro benzene ring substituents is 1. The third kappa shape index (κ3) is 3.01. The van der Waals surface area contributed by atoms with Gasteiger partial charge in [-0.1, -0.05) is 0 Å². The summed E-state index contributed by atoms with van der Waals surface area (Å²) in [5.74, 6) is 1.83. The van der Waals surface area contributed by atoms with Crippen LogP contribution in [0.5, 0.6) is 0 Å². The first kappa shape index (κ1) is 16.9. The largest absolute Gasteiger partial charge is 0.444 e. The van der Waals surface area contributed by atoms with E-state index < -0.39 is 10.8 Å². The van der Waals surface area contributed by atoms with E-state index in [1.54, 1.807) is 40.7 Å². The molecule has 1 aliphatic rings. The van der Waals surface area contributed by atoms with Gasteiger partial charge in [0, 0.05) is 29.2 Å². The molecule has 0 spiro atoms. The average Bonchev–Trinajstić information content (AvgIpc) is 3.32. The number of nitro groups is 1. The number of anilines is 1. The Morgan fingerprint density at radius 1 is 1.27 bits per heavy atom. The van der Waals surface area contributed by atoms with Gasteiger partial charge in [-0.05, 0) is 40.2 Å². The van der Waals surface area contributed by atoms with Crippen LogP contribution in [0.4, 0.5) is 11.5 Å². The lowest BCUT2D eigenvalue weighted by Gasteiger charge is -2.10. The lowest BCUT2D eigenvalue weighted by molar-refractivity contribution is -0.384. The number of aromatic nitrogens is 2. The Labute approximate surface area is 159 Å². The third-order valence-corrected chi connectivity index (χ3v) is 5.28. The van der Waals surface area contributed by atoms with Crippen LogP contribution in [0.25, 0.3) is 5.69 Å². The van der Waals surface area contributed by atoms with Crippen molar-refractivity contribution in [2.75, 3.05) is 5.32 Å². The number of non-ortho nitro benzene ring substituents is 1. The van der Waals surface area contributed by atoms with Gasteiger partial charge in [0.2, 0.25) is 0 Å². The van der Waals surface area contributed by atoms with Crippen LogP contribution in [-0.4, -0.2) is 20.6 Å². The Morgan fingerprint density at radius 2 is 2.04 bits per heavy atom. The minimum atomic E-state index is -0.457. The smallest absolute Gasteiger partial charge is 0.292 e. The van der Waals surface area contributed by atoms with E-state index in [2.05, 4.69) is 26.3 Å². The molecule has 26 heavy (non-hydrogen) atoms. The molecule has 2 aromatic heterocycles. The number of furan rings is 1. The molecule has 0 saturated heterocycles. The summed E-state index contributed by atoms with van der Waals surface area (Å²) in [7, 11) is 0. The summed E-state index contributed by atoms with van der Waals surface area (Å²) < 4.78 is 7.36. The molecular formula is C16H11BrN4O4S. The van der Waals surface area contributed by atoms with E-state index in [-0.39, 0.29) is 11.4 Å². The van der Waals surface area contributed by atoms with E-state index >= 15 is 0 Å². The minimum Gasteiger partial charge on any atom is -0.444 e. The van der Waals surface area contributed by atoms with Gasteiger partial charge in [-0.25, -0.2) is 4.68 Å². The van der Waals surface area contributed by atoms with Crippen molar-refractivity contribution >= 4 is 45.1 Å². The van der Waals surface area contributed by atoms with Gasteiger partial charge >= 0.3 is 0 Å². The molecule has 10 heteroatoms. The maximum absolute atomic E-state index is 12.5. The standard InChI is InChI=1S/C16H11BrN4O4S/c17-14-6-5-13(25-14)16(22)18-15-11-7-26-8-12(11)19-20(15)9-1-3-10(4-2-9)21(23)24/h1-6H,7-8H2,(H,18,22). The Morgan fingerprint density at radius 3 is 2.69 bits per heavy atom. The minimum absolute atomic E-state index is 0.00461. The zero-order valence-corrected chi connectivity index (χ0v) is 15.5. The van der Waals surface area contributed by atoms with Gasteiger partial charge in [-0.2, -0.15) is 16.9 Å². The lowest BCUT2D eigenvalue weighted by Crippen LogP contribution is -2.15. The Kier molecular flexibility index (Phi) is 4.29. The molecule has 3 heterocycles. The van der Waals surface area contributed by atoms with Crippen LogP contribution < -0.4 is 5.32 Å². The number of carbonyl (C=O) groups excluding carboxylic acids is 1. The SMILES string of the molecule is O=C(Nc1c2c(nn1-c1ccc([N+](=O)[O-])cc1)CSC2)c1ccc(Br)o1. The summed E-state index contributed by atoms with van der Waals surface area (Å²) in [6.07, 6.45) is 0. The number of amides is 1. The Balaban J connectivity index is 1.71. The highest BCUT2D eigenvalue weighted by Gasteiger charge is 2.26. The van der Waals surface area contributed by atoms with E-state index in [1.807, 2.05) is 0 Å². The van der Waals surface area contributed by atoms with E-state index in [4.69, 9.17) is 4.42 Å². The number of hydrogen-bond donors (Lipinski definition) is 1. The first-order chi connectivity index (χ1) is 12.5. The molecule has 0 radical (unpaired) electrons. The van der Waals surface area contributed by atoms with E-state index in [0.29, 0.717) is 16.2 Å². The number of fused-ring (bicyclic) bond motifs is 1. The number of nitrogens with one attached hydrogen (secondary N) is 1. The molecule has 0 fully saturated rings. The van der Waals surface area contributed by atoms with E-state index in [0.717, 1.165) is 22.8 Å². The maximum Gasteiger partial charge on any atom is 0.292 e. The van der Waals surface area contributed by atoms with Crippen molar-refractivity contribution in [2.24, 2.45) is 0 Å². The van der Waals surface area contributed by atoms with Gasteiger partial charge < -0.3 is 9.73 Å². The van der Waals surface area contributed by atoms with Gasteiger partial charge in [-0.3, -0.25) is 14.9 Å². The van der Waals surface area contributed by atoms with Gasteiger partial charge in [-0.15, -0.1) is 0 Å². The van der Waals surface area contributed by atoms with Crippen molar-refractivity contribution in [1.82, 2.24) is 9.78 Å². The summed E-state index contributed by atoms with van der Waals surface area (Å²) >= 11 is 4.89. The molecule has 1 N–H and O–H groups in total. The van der Waals surface area contributed by atoms with Crippen molar-refractivity contribution in [3.8, 4) is 5.69 Å². The predicted molar refractivity (Wildman–Crippen MR) is 99.6 cm³/mol. The van der Waals surface area contributed by atoms with Crippen molar-refractivity contribution in [1.29, 1.82) is 0 Å². The molecule has 3 aromatic rings. The van der Waals surface area contributed by atoms with Gasteiger partial charge in [0.25, 0.3) is 11.6 Å². The van der Waals surface area contributed by atoms with Gasteiger partial charge in [0.15, 0.2) is 10.4 Å². The third-order valence-electron chi connectivity index (χ3n) is 3.89. The number of rotatable bonds is 4. The summed E-state index contributed by atoms with van der Waals surface area (Å²) in [6.45, 7) is 0. The molecule has 0 aliphatic carbocycles. The number of thioether (sulfide) groups is 1. The van der Waals surface area contributed by atoms with Crippen molar-refractivity contribution in [3.63, 3.8) is 0 Å². The van der Waals surface area contributed by atoms with E-state index in [9.17, 15) is 14.9 Å². The monoisotopic (exact) mass is 434 g/mol. The number of nitrogens with zero attached hydrogens (tertiary/aromatic N) is 3. The Bertz CT molecular complexity index is 1010. The molecular weight excluding hydrogens is 424 g/mol. The lowest BCUT2D eigenvalue weighted by atomic mass is 10.2. The highest BCUT2D eigenvalue weighted by Crippen LogP contribution is 2.36. The molecule has 8 nitrogen and oxygen atoms in total. The number of halogens is 1. The molecule has 132 valence electrons. The molecule has 0 unspecified atom stereocenters. The molecule has 0 atom stereocenters. The summed E-state index contributed by atoms with van der Waals surface area (Å²) in [5, 5.41) is 18.3. The first-order valence-electron chi connectivity index (χ1n) is 7.53. The fourth-order valence-corrected chi connectivity index (χ4v) is 3.99. The molecule has 0 saturated carbocycles. The summed E-state index contributed by atoms with van der Waals surface area (Å²) in [5.41, 5.74) is 2.47. The fraction of sp³-hybridized carbons (Fsp3) is 0.125. The fourth-order valence-electron chi connectivity index (χ4n) is 2.65. The van der Waals surface area contributed by atoms with Crippen LogP contribution >= 0.6 is 27.7 Å². The highest BCUT2D eigenvalue weighted by molar-refractivity contribution is 9.10. The van der Waals surface area contributed by atoms with Crippen LogP contribution in [0.2, 0.25) is 0 Å². The predicted octanol–water partition coefficient (Wildman–Crippen LogP) is 4.14. The number of benzene rings is 1. The number of hydrogen-bond acceptors (Lipinski definition) is 6. The normalized spacial score (nSPS) is 12.8. The second-order valence-electron chi connectivity index (χ2n) is 5.51. The van der Waals surface area contributed by atoms with Crippen LogP contribution in [-0.2, 0) is 11.5 Å². The zero-order valence-electron chi connectivity index (χ0n) is 13.1. The molecule has 1 amide bonds. The van der Waals surface area contributed by atoms with Crippen LogP contribution in [0.15, 0.2) is 45.5 Å². The maximum atomic E-state index is 12.5.